The summed E-state index contributed by atoms with van der Waals surface area (Å²) in [5, 5.41) is 3.17. The number of carbonyl (C=O) groups is 2. The highest BCUT2D eigenvalue weighted by atomic mass is 32.2. The van der Waals surface area contributed by atoms with E-state index >= 15 is 0 Å². The molecule has 2 aliphatic rings. The molecular weight excluding hydrogens is 530 g/mol. The zero-order valence-corrected chi connectivity index (χ0v) is 24.5. The van der Waals surface area contributed by atoms with E-state index in [0.29, 0.717) is 36.8 Å². The SMILES string of the molecule is CC[C@H](C(=O)NC1CCCCC1)N(Cc1ccccc1C)C(=O)CN(c1ccc2c(c1)OCCO2)S(=O)(=O)CC. The fourth-order valence-corrected chi connectivity index (χ4v) is 6.40. The Labute approximate surface area is 237 Å². The normalized spacial score (nSPS) is 16.2. The number of nitrogens with zero attached hydrogens (tertiary/aromatic N) is 2. The highest BCUT2D eigenvalue weighted by Crippen LogP contribution is 2.35. The third-order valence-electron chi connectivity index (χ3n) is 7.73. The van der Waals surface area contributed by atoms with Gasteiger partial charge in [0, 0.05) is 18.7 Å². The van der Waals surface area contributed by atoms with E-state index in [1.54, 1.807) is 25.1 Å². The maximum atomic E-state index is 14.1. The Morgan fingerprint density at radius 3 is 2.38 bits per heavy atom. The van der Waals surface area contributed by atoms with E-state index in [0.717, 1.165) is 41.1 Å². The second-order valence-corrected chi connectivity index (χ2v) is 12.6. The minimum Gasteiger partial charge on any atom is -0.486 e. The van der Waals surface area contributed by atoms with Gasteiger partial charge < -0.3 is 19.7 Å². The van der Waals surface area contributed by atoms with Crippen LogP contribution in [0.1, 0.15) is 63.5 Å². The molecule has 0 saturated heterocycles. The summed E-state index contributed by atoms with van der Waals surface area (Å²) in [4.78, 5) is 29.2. The van der Waals surface area contributed by atoms with E-state index in [1.165, 1.54) is 11.3 Å². The van der Waals surface area contributed by atoms with Gasteiger partial charge in [-0.25, -0.2) is 8.42 Å². The predicted molar refractivity (Wildman–Crippen MR) is 155 cm³/mol. The molecule has 1 N–H and O–H groups in total. The molecule has 0 bridgehead atoms. The Bertz CT molecular complexity index is 1290. The maximum absolute atomic E-state index is 14.1. The summed E-state index contributed by atoms with van der Waals surface area (Å²) in [6, 6.07) is 11.9. The minimum atomic E-state index is -3.84. The van der Waals surface area contributed by atoms with Gasteiger partial charge in [-0.2, -0.15) is 0 Å². The van der Waals surface area contributed by atoms with Crippen molar-refractivity contribution in [3.05, 3.63) is 53.6 Å². The Morgan fingerprint density at radius 1 is 1.00 bits per heavy atom. The highest BCUT2D eigenvalue weighted by molar-refractivity contribution is 7.92. The number of sulfonamides is 1. The summed E-state index contributed by atoms with van der Waals surface area (Å²) < 4.78 is 38.9. The fourth-order valence-electron chi connectivity index (χ4n) is 5.34. The zero-order valence-electron chi connectivity index (χ0n) is 23.7. The van der Waals surface area contributed by atoms with Crippen LogP contribution in [0, 0.1) is 6.92 Å². The zero-order chi connectivity index (χ0) is 28.7. The van der Waals surface area contributed by atoms with Crippen LogP contribution in [-0.4, -0.2) is 62.7 Å². The first-order valence-corrected chi connectivity index (χ1v) is 15.9. The molecule has 1 fully saturated rings. The van der Waals surface area contributed by atoms with Gasteiger partial charge in [0.05, 0.1) is 11.4 Å². The second kappa shape index (κ2) is 13.4. The summed E-state index contributed by atoms with van der Waals surface area (Å²) >= 11 is 0. The molecule has 1 heterocycles. The van der Waals surface area contributed by atoms with Gasteiger partial charge in [-0.1, -0.05) is 50.5 Å². The second-order valence-electron chi connectivity index (χ2n) is 10.5. The van der Waals surface area contributed by atoms with Gasteiger partial charge in [0.1, 0.15) is 25.8 Å². The van der Waals surface area contributed by atoms with Crippen molar-refractivity contribution in [1.82, 2.24) is 10.2 Å². The number of fused-ring (bicyclic) bond motifs is 1. The van der Waals surface area contributed by atoms with Crippen LogP contribution in [0.2, 0.25) is 0 Å². The van der Waals surface area contributed by atoms with Crippen LogP contribution in [0.3, 0.4) is 0 Å². The van der Waals surface area contributed by atoms with Crippen LogP contribution in [0.5, 0.6) is 11.5 Å². The molecule has 40 heavy (non-hydrogen) atoms. The van der Waals surface area contributed by atoms with Gasteiger partial charge in [0.25, 0.3) is 0 Å². The van der Waals surface area contributed by atoms with Gasteiger partial charge in [-0.3, -0.25) is 13.9 Å². The van der Waals surface area contributed by atoms with Crippen molar-refractivity contribution in [3.8, 4) is 11.5 Å². The van der Waals surface area contributed by atoms with Crippen LogP contribution in [0.25, 0.3) is 0 Å². The number of ether oxygens (including phenoxy) is 2. The van der Waals surface area contributed by atoms with Crippen molar-refractivity contribution in [2.45, 2.75) is 77.9 Å². The third-order valence-corrected chi connectivity index (χ3v) is 9.47. The van der Waals surface area contributed by atoms with E-state index in [2.05, 4.69) is 5.32 Å². The Hall–Kier alpha value is -3.27. The molecule has 0 spiro atoms. The minimum absolute atomic E-state index is 0.0976. The van der Waals surface area contributed by atoms with Crippen LogP contribution in [0.15, 0.2) is 42.5 Å². The highest BCUT2D eigenvalue weighted by Gasteiger charge is 2.34. The monoisotopic (exact) mass is 571 g/mol. The molecule has 2 aromatic rings. The molecule has 4 rings (SSSR count). The fraction of sp³-hybridized carbons (Fsp3) is 0.533. The molecule has 10 heteroatoms. The van der Waals surface area contributed by atoms with E-state index in [4.69, 9.17) is 9.47 Å². The molecule has 2 aromatic carbocycles. The average Bonchev–Trinajstić information content (AvgIpc) is 2.96. The first-order valence-electron chi connectivity index (χ1n) is 14.3. The lowest BCUT2D eigenvalue weighted by Crippen LogP contribution is -2.54. The number of amides is 2. The average molecular weight is 572 g/mol. The number of benzene rings is 2. The molecule has 9 nitrogen and oxygen atoms in total. The van der Waals surface area contributed by atoms with Crippen LogP contribution >= 0.6 is 0 Å². The van der Waals surface area contributed by atoms with Crippen molar-refractivity contribution in [3.63, 3.8) is 0 Å². The van der Waals surface area contributed by atoms with Crippen LogP contribution < -0.4 is 19.1 Å². The lowest BCUT2D eigenvalue weighted by atomic mass is 9.95. The van der Waals surface area contributed by atoms with Crippen molar-refractivity contribution in [2.24, 2.45) is 0 Å². The Balaban J connectivity index is 1.65. The van der Waals surface area contributed by atoms with Gasteiger partial charge in [-0.15, -0.1) is 0 Å². The summed E-state index contributed by atoms with van der Waals surface area (Å²) in [7, 11) is -3.84. The smallest absolute Gasteiger partial charge is 0.244 e. The summed E-state index contributed by atoms with van der Waals surface area (Å²) in [5.74, 6) is 0.136. The van der Waals surface area contributed by atoms with E-state index < -0.39 is 28.5 Å². The molecule has 1 aliphatic carbocycles. The molecule has 1 atom stereocenters. The molecule has 0 unspecified atom stereocenters. The molecule has 218 valence electrons. The number of anilines is 1. The Morgan fingerprint density at radius 2 is 1.70 bits per heavy atom. The number of aryl methyl sites for hydroxylation is 1. The first-order chi connectivity index (χ1) is 19.2. The third kappa shape index (κ3) is 7.08. The molecule has 0 radical (unpaired) electrons. The number of rotatable bonds is 11. The van der Waals surface area contributed by atoms with E-state index in [9.17, 15) is 18.0 Å². The maximum Gasteiger partial charge on any atom is 0.244 e. The van der Waals surface area contributed by atoms with Crippen molar-refractivity contribution in [1.29, 1.82) is 0 Å². The van der Waals surface area contributed by atoms with Crippen molar-refractivity contribution in [2.75, 3.05) is 29.8 Å². The van der Waals surface area contributed by atoms with Crippen molar-refractivity contribution >= 4 is 27.5 Å². The molecule has 2 amide bonds. The van der Waals surface area contributed by atoms with E-state index in [1.807, 2.05) is 38.1 Å². The summed E-state index contributed by atoms with van der Waals surface area (Å²) in [5.41, 5.74) is 2.21. The molecular formula is C30H41N3O6S. The number of hydrogen-bond acceptors (Lipinski definition) is 6. The van der Waals surface area contributed by atoms with Crippen LogP contribution in [-0.2, 0) is 26.2 Å². The van der Waals surface area contributed by atoms with Crippen molar-refractivity contribution < 1.29 is 27.5 Å². The van der Waals surface area contributed by atoms with Gasteiger partial charge in [0.2, 0.25) is 21.8 Å². The quantitative estimate of drug-likeness (QED) is 0.434. The topological polar surface area (TPSA) is 105 Å². The number of carbonyl (C=O) groups excluding carboxylic acids is 2. The lowest BCUT2D eigenvalue weighted by Gasteiger charge is -2.35. The number of nitrogens with one attached hydrogen (secondary N) is 1. The van der Waals surface area contributed by atoms with E-state index in [-0.39, 0.29) is 24.2 Å². The summed E-state index contributed by atoms with van der Waals surface area (Å²) in [6.07, 6.45) is 5.59. The predicted octanol–water partition coefficient (Wildman–Crippen LogP) is 4.18. The van der Waals surface area contributed by atoms with Gasteiger partial charge in [0.15, 0.2) is 11.5 Å². The molecule has 0 aromatic heterocycles. The summed E-state index contributed by atoms with van der Waals surface area (Å²) in [6.45, 7) is 5.92. The molecule has 1 aliphatic heterocycles. The largest absolute Gasteiger partial charge is 0.486 e. The lowest BCUT2D eigenvalue weighted by molar-refractivity contribution is -0.140. The van der Waals surface area contributed by atoms with Gasteiger partial charge >= 0.3 is 0 Å². The van der Waals surface area contributed by atoms with Gasteiger partial charge in [-0.05, 0) is 56.4 Å². The number of hydrogen-bond donors (Lipinski definition) is 1. The first kappa shape index (κ1) is 29.7. The molecule has 1 saturated carbocycles. The standard InChI is InChI=1S/C30H41N3O6S/c1-4-26(30(35)31-24-13-7-6-8-14-24)32(20-23-12-10-9-11-22(23)3)29(34)21-33(40(36,37)5-2)25-15-16-27-28(19-25)39-18-17-38-27/h9-12,15-16,19,24,26H,4-8,13-14,17-18,20-21H2,1-3H3,(H,31,35)/t26-/m1/s1. The van der Waals surface area contributed by atoms with Crippen LogP contribution in [0.4, 0.5) is 5.69 Å². The Kier molecular flexibility index (Phi) is 9.95.